The zero-order valence-corrected chi connectivity index (χ0v) is 17.4. The van der Waals surface area contributed by atoms with Crippen LogP contribution in [0, 0.1) is 5.41 Å². The predicted molar refractivity (Wildman–Crippen MR) is 113 cm³/mol. The van der Waals surface area contributed by atoms with Crippen LogP contribution in [0.2, 0.25) is 0 Å². The molecule has 1 aliphatic heterocycles. The Bertz CT molecular complexity index is 673. The molecule has 1 N–H and O–H groups in total. The maximum atomic E-state index is 12.7. The number of urea groups is 1. The molecule has 1 aromatic carbocycles. The minimum Gasteiger partial charge on any atom is -0.356 e. The van der Waals surface area contributed by atoms with Crippen molar-refractivity contribution in [2.24, 2.45) is 5.41 Å². The molecule has 0 aliphatic carbocycles. The van der Waals surface area contributed by atoms with Crippen molar-refractivity contribution >= 4 is 11.7 Å². The number of allylic oxidation sites excluding steroid dienone is 4. The Morgan fingerprint density at radius 1 is 1.22 bits per heavy atom. The van der Waals surface area contributed by atoms with Crippen LogP contribution in [-0.4, -0.2) is 30.3 Å². The number of ether oxygens (including phenoxy) is 1. The topological polar surface area (TPSA) is 41.6 Å². The summed E-state index contributed by atoms with van der Waals surface area (Å²) in [4.78, 5) is 14.5. The van der Waals surface area contributed by atoms with Gasteiger partial charge in [-0.2, -0.15) is 0 Å². The van der Waals surface area contributed by atoms with E-state index in [-0.39, 0.29) is 17.7 Å². The molecule has 2 rings (SSSR count). The van der Waals surface area contributed by atoms with E-state index in [9.17, 15) is 4.79 Å². The molecule has 148 valence electrons. The smallest absolute Gasteiger partial charge is 0.323 e. The zero-order valence-electron chi connectivity index (χ0n) is 17.4. The molecule has 4 heteroatoms. The Labute approximate surface area is 164 Å². The molecular weight excluding hydrogens is 336 g/mol. The third-order valence-corrected chi connectivity index (χ3v) is 4.91. The largest absolute Gasteiger partial charge is 0.356 e. The highest BCUT2D eigenvalue weighted by Crippen LogP contribution is 2.34. The molecular formula is C23H34N2O2. The molecule has 0 bridgehead atoms. The number of nitrogens with one attached hydrogen (secondary N) is 1. The molecule has 0 spiro atoms. The first-order chi connectivity index (χ1) is 12.8. The summed E-state index contributed by atoms with van der Waals surface area (Å²) in [5, 5.41) is 2.97. The van der Waals surface area contributed by atoms with Crippen LogP contribution in [0.1, 0.15) is 53.9 Å². The van der Waals surface area contributed by atoms with Gasteiger partial charge in [0.05, 0.1) is 6.61 Å². The van der Waals surface area contributed by atoms with E-state index in [4.69, 9.17) is 4.74 Å². The first kappa shape index (κ1) is 21.2. The fourth-order valence-corrected chi connectivity index (χ4v) is 3.27. The van der Waals surface area contributed by atoms with E-state index in [0.29, 0.717) is 13.2 Å². The molecule has 0 aromatic heterocycles. The highest BCUT2D eigenvalue weighted by molar-refractivity contribution is 5.89. The van der Waals surface area contributed by atoms with Crippen LogP contribution in [0.5, 0.6) is 0 Å². The van der Waals surface area contributed by atoms with E-state index in [1.165, 1.54) is 11.1 Å². The average molecular weight is 371 g/mol. The fraction of sp³-hybridized carbons (Fsp3) is 0.522. The SMILES string of the molecule is CC(C)=CCC/C(C)=C/CC(C)(C)[C@@H]1OCCN1C(=O)Nc1ccccc1. The van der Waals surface area contributed by atoms with Crippen molar-refractivity contribution in [1.82, 2.24) is 4.90 Å². The first-order valence-corrected chi connectivity index (χ1v) is 9.83. The third-order valence-electron chi connectivity index (χ3n) is 4.91. The number of hydrogen-bond donors (Lipinski definition) is 1. The summed E-state index contributed by atoms with van der Waals surface area (Å²) in [6.45, 7) is 12.0. The zero-order chi connectivity index (χ0) is 19.9. The van der Waals surface area contributed by atoms with Gasteiger partial charge >= 0.3 is 6.03 Å². The summed E-state index contributed by atoms with van der Waals surface area (Å²) in [7, 11) is 0. The van der Waals surface area contributed by atoms with Crippen LogP contribution in [-0.2, 0) is 4.74 Å². The molecule has 2 amide bonds. The number of para-hydroxylation sites is 1. The number of anilines is 1. The Hall–Kier alpha value is -2.07. The Balaban J connectivity index is 1.97. The molecule has 27 heavy (non-hydrogen) atoms. The van der Waals surface area contributed by atoms with Crippen molar-refractivity contribution in [2.45, 2.75) is 60.1 Å². The predicted octanol–water partition coefficient (Wildman–Crippen LogP) is 5.99. The fourth-order valence-electron chi connectivity index (χ4n) is 3.27. The first-order valence-electron chi connectivity index (χ1n) is 9.83. The summed E-state index contributed by atoms with van der Waals surface area (Å²) in [6, 6.07) is 9.47. The third kappa shape index (κ3) is 6.55. The highest BCUT2D eigenvalue weighted by Gasteiger charge is 2.40. The summed E-state index contributed by atoms with van der Waals surface area (Å²) < 4.78 is 5.96. The van der Waals surface area contributed by atoms with Crippen LogP contribution >= 0.6 is 0 Å². The molecule has 0 radical (unpaired) electrons. The van der Waals surface area contributed by atoms with Crippen molar-refractivity contribution in [3.8, 4) is 0 Å². The standard InChI is InChI=1S/C23H34N2O2/c1-18(2)10-9-11-19(3)14-15-23(4,5)21-25(16-17-27-21)22(26)24-20-12-7-6-8-13-20/h6-8,10,12-14,21H,9,11,15-17H2,1-5H3,(H,24,26)/b19-14+/t21-/m0/s1. The molecule has 1 saturated heterocycles. The molecule has 1 aliphatic rings. The number of benzene rings is 1. The second-order valence-electron chi connectivity index (χ2n) is 8.28. The number of rotatable bonds is 7. The van der Waals surface area contributed by atoms with E-state index in [0.717, 1.165) is 24.9 Å². The maximum absolute atomic E-state index is 12.7. The minimum atomic E-state index is -0.219. The van der Waals surface area contributed by atoms with Gasteiger partial charge in [-0.1, -0.05) is 55.3 Å². The van der Waals surface area contributed by atoms with Gasteiger partial charge in [0.1, 0.15) is 6.23 Å². The molecule has 1 heterocycles. The van der Waals surface area contributed by atoms with Gasteiger partial charge in [-0.3, -0.25) is 4.90 Å². The number of amides is 2. The van der Waals surface area contributed by atoms with E-state index in [2.05, 4.69) is 52.1 Å². The number of carbonyl (C=O) groups is 1. The van der Waals surface area contributed by atoms with Crippen LogP contribution in [0.4, 0.5) is 10.5 Å². The molecule has 1 aromatic rings. The van der Waals surface area contributed by atoms with Gasteiger partial charge < -0.3 is 10.1 Å². The molecule has 0 saturated carbocycles. The van der Waals surface area contributed by atoms with Crippen molar-refractivity contribution in [1.29, 1.82) is 0 Å². The summed E-state index contributed by atoms with van der Waals surface area (Å²) in [5.41, 5.74) is 3.41. The lowest BCUT2D eigenvalue weighted by atomic mass is 9.85. The van der Waals surface area contributed by atoms with Crippen LogP contribution in [0.25, 0.3) is 0 Å². The van der Waals surface area contributed by atoms with Gasteiger partial charge in [0, 0.05) is 17.6 Å². The average Bonchev–Trinajstić information content (AvgIpc) is 3.11. The van der Waals surface area contributed by atoms with E-state index in [1.54, 1.807) is 0 Å². The van der Waals surface area contributed by atoms with Crippen LogP contribution < -0.4 is 5.32 Å². The normalized spacial score (nSPS) is 17.7. The summed E-state index contributed by atoms with van der Waals surface area (Å²) in [6.07, 6.45) is 7.39. The molecule has 4 nitrogen and oxygen atoms in total. The Kier molecular flexibility index (Phi) is 7.66. The lowest BCUT2D eigenvalue weighted by Crippen LogP contribution is -2.46. The number of nitrogens with zero attached hydrogens (tertiary/aromatic N) is 1. The van der Waals surface area contributed by atoms with Crippen LogP contribution in [0.15, 0.2) is 53.6 Å². The van der Waals surface area contributed by atoms with Crippen molar-refractivity contribution < 1.29 is 9.53 Å². The lowest BCUT2D eigenvalue weighted by Gasteiger charge is -2.36. The van der Waals surface area contributed by atoms with Crippen molar-refractivity contribution in [3.63, 3.8) is 0 Å². The Morgan fingerprint density at radius 2 is 1.93 bits per heavy atom. The van der Waals surface area contributed by atoms with E-state index < -0.39 is 0 Å². The summed E-state index contributed by atoms with van der Waals surface area (Å²) in [5.74, 6) is 0. The lowest BCUT2D eigenvalue weighted by molar-refractivity contribution is -0.0346. The summed E-state index contributed by atoms with van der Waals surface area (Å²) >= 11 is 0. The van der Waals surface area contributed by atoms with Gasteiger partial charge in [0.2, 0.25) is 0 Å². The van der Waals surface area contributed by atoms with Crippen molar-refractivity contribution in [3.05, 3.63) is 53.6 Å². The van der Waals surface area contributed by atoms with Gasteiger partial charge in [-0.05, 0) is 52.2 Å². The highest BCUT2D eigenvalue weighted by atomic mass is 16.5. The van der Waals surface area contributed by atoms with Crippen LogP contribution in [0.3, 0.4) is 0 Å². The van der Waals surface area contributed by atoms with Gasteiger partial charge in [0.15, 0.2) is 0 Å². The second kappa shape index (κ2) is 9.75. The minimum absolute atomic E-state index is 0.0963. The van der Waals surface area contributed by atoms with E-state index in [1.807, 2.05) is 35.2 Å². The Morgan fingerprint density at radius 3 is 2.59 bits per heavy atom. The monoisotopic (exact) mass is 370 g/mol. The molecule has 1 atom stereocenters. The van der Waals surface area contributed by atoms with E-state index >= 15 is 0 Å². The second-order valence-corrected chi connectivity index (χ2v) is 8.28. The van der Waals surface area contributed by atoms with Gasteiger partial charge in [-0.15, -0.1) is 0 Å². The van der Waals surface area contributed by atoms with Crippen molar-refractivity contribution in [2.75, 3.05) is 18.5 Å². The number of carbonyl (C=O) groups excluding carboxylic acids is 1. The van der Waals surface area contributed by atoms with Gasteiger partial charge in [0.25, 0.3) is 0 Å². The maximum Gasteiger partial charge on any atom is 0.323 e. The van der Waals surface area contributed by atoms with Gasteiger partial charge in [-0.25, -0.2) is 4.79 Å². The molecule has 0 unspecified atom stereocenters. The quantitative estimate of drug-likeness (QED) is 0.599. The number of hydrogen-bond acceptors (Lipinski definition) is 2. The molecule has 1 fully saturated rings.